The van der Waals surface area contributed by atoms with Crippen molar-refractivity contribution in [2.75, 3.05) is 19.8 Å². The van der Waals surface area contributed by atoms with Crippen LogP contribution in [0.2, 0.25) is 0 Å². The second-order valence-corrected chi connectivity index (χ2v) is 3.76. The van der Waals surface area contributed by atoms with Crippen molar-refractivity contribution in [3.05, 3.63) is 29.1 Å². The summed E-state index contributed by atoms with van der Waals surface area (Å²) in [6.07, 6.45) is -0.301. The topological polar surface area (TPSA) is 91.7 Å². The Morgan fingerprint density at radius 2 is 2.41 bits per heavy atom. The molecular formula is C11H14N2O4. The number of aromatic carboxylic acids is 1. The lowest BCUT2D eigenvalue weighted by atomic mass is 10.0. The predicted molar refractivity (Wildman–Crippen MR) is 58.7 cm³/mol. The van der Waals surface area contributed by atoms with Crippen LogP contribution >= 0.6 is 0 Å². The molecule has 0 aromatic carbocycles. The Bertz CT molecular complexity index is 422. The Morgan fingerprint density at radius 3 is 3.12 bits per heavy atom. The van der Waals surface area contributed by atoms with Crippen LogP contribution < -0.4 is 5.32 Å². The fourth-order valence-corrected chi connectivity index (χ4v) is 1.82. The Labute approximate surface area is 98.2 Å². The van der Waals surface area contributed by atoms with Gasteiger partial charge in [0.1, 0.15) is 11.8 Å². The van der Waals surface area contributed by atoms with Crippen molar-refractivity contribution in [2.24, 2.45) is 0 Å². The monoisotopic (exact) mass is 238 g/mol. The van der Waals surface area contributed by atoms with Crippen molar-refractivity contribution in [3.63, 3.8) is 0 Å². The average Bonchev–Trinajstić information content (AvgIpc) is 2.35. The summed E-state index contributed by atoms with van der Waals surface area (Å²) in [4.78, 5) is 14.9. The minimum atomic E-state index is -1.05. The van der Waals surface area contributed by atoms with Crippen LogP contribution in [0.4, 0.5) is 0 Å². The maximum absolute atomic E-state index is 10.8. The molecule has 1 aliphatic heterocycles. The Hall–Kier alpha value is -1.50. The van der Waals surface area contributed by atoms with E-state index in [1.807, 2.05) is 0 Å². The number of rotatable bonds is 4. The van der Waals surface area contributed by atoms with E-state index in [9.17, 15) is 4.79 Å². The van der Waals surface area contributed by atoms with Gasteiger partial charge in [0.05, 0.1) is 18.9 Å². The molecule has 1 aromatic rings. The van der Waals surface area contributed by atoms with Crippen molar-refractivity contribution in [2.45, 2.75) is 12.6 Å². The zero-order chi connectivity index (χ0) is 12.3. The standard InChI is InChI=1S/C11H14N2O4/c14-3-4-17-9-6-12-5-7-1-2-8(11(15)16)13-10(7)9/h1-2,9,12,14H,3-6H2,(H,15,16). The molecule has 1 aliphatic rings. The molecule has 17 heavy (non-hydrogen) atoms. The highest BCUT2D eigenvalue weighted by Gasteiger charge is 2.23. The van der Waals surface area contributed by atoms with E-state index >= 15 is 0 Å². The predicted octanol–water partition coefficient (Wildman–Crippen LogP) is -0.0670. The highest BCUT2D eigenvalue weighted by molar-refractivity contribution is 5.85. The van der Waals surface area contributed by atoms with E-state index < -0.39 is 5.97 Å². The van der Waals surface area contributed by atoms with Gasteiger partial charge in [0.15, 0.2) is 0 Å². The number of carboxylic acids is 1. The van der Waals surface area contributed by atoms with E-state index in [0.29, 0.717) is 18.8 Å². The largest absolute Gasteiger partial charge is 0.477 e. The molecule has 92 valence electrons. The minimum absolute atomic E-state index is 0.0169. The summed E-state index contributed by atoms with van der Waals surface area (Å²) in [6, 6.07) is 3.23. The summed E-state index contributed by atoms with van der Waals surface area (Å²) in [5, 5.41) is 20.8. The zero-order valence-electron chi connectivity index (χ0n) is 9.22. The third-order valence-electron chi connectivity index (χ3n) is 2.59. The number of fused-ring (bicyclic) bond motifs is 1. The molecule has 1 unspecified atom stereocenters. The van der Waals surface area contributed by atoms with Crippen molar-refractivity contribution in [1.29, 1.82) is 0 Å². The van der Waals surface area contributed by atoms with E-state index in [1.54, 1.807) is 6.07 Å². The van der Waals surface area contributed by atoms with Crippen LogP contribution in [-0.2, 0) is 11.3 Å². The molecule has 1 aromatic heterocycles. The summed E-state index contributed by atoms with van der Waals surface area (Å²) in [5.74, 6) is -1.05. The number of carbonyl (C=O) groups is 1. The Morgan fingerprint density at radius 1 is 1.59 bits per heavy atom. The minimum Gasteiger partial charge on any atom is -0.477 e. The quantitative estimate of drug-likeness (QED) is 0.680. The normalized spacial score (nSPS) is 18.8. The first-order valence-electron chi connectivity index (χ1n) is 5.38. The van der Waals surface area contributed by atoms with E-state index in [-0.39, 0.29) is 25.0 Å². The molecule has 0 spiro atoms. The first-order valence-corrected chi connectivity index (χ1v) is 5.38. The number of carboxylic acid groups (broad SMARTS) is 1. The molecule has 0 aliphatic carbocycles. The second-order valence-electron chi connectivity index (χ2n) is 3.76. The van der Waals surface area contributed by atoms with E-state index in [4.69, 9.17) is 14.9 Å². The molecular weight excluding hydrogens is 224 g/mol. The van der Waals surface area contributed by atoms with Crippen molar-refractivity contribution in [3.8, 4) is 0 Å². The number of nitrogens with one attached hydrogen (secondary N) is 1. The lowest BCUT2D eigenvalue weighted by Crippen LogP contribution is -2.31. The van der Waals surface area contributed by atoms with Crippen LogP contribution in [0.25, 0.3) is 0 Å². The first kappa shape index (κ1) is 12.0. The van der Waals surface area contributed by atoms with Gasteiger partial charge in [-0.15, -0.1) is 0 Å². The van der Waals surface area contributed by atoms with Gasteiger partial charge >= 0.3 is 5.97 Å². The molecule has 0 saturated carbocycles. The van der Waals surface area contributed by atoms with Crippen LogP contribution in [0, 0.1) is 0 Å². The summed E-state index contributed by atoms with van der Waals surface area (Å²) >= 11 is 0. The summed E-state index contributed by atoms with van der Waals surface area (Å²) in [5.41, 5.74) is 1.60. The highest BCUT2D eigenvalue weighted by Crippen LogP contribution is 2.23. The number of hydrogen-bond donors (Lipinski definition) is 3. The Kier molecular flexibility index (Phi) is 3.68. The lowest BCUT2D eigenvalue weighted by Gasteiger charge is -2.25. The maximum Gasteiger partial charge on any atom is 0.354 e. The van der Waals surface area contributed by atoms with Crippen molar-refractivity contribution in [1.82, 2.24) is 10.3 Å². The number of nitrogens with zero attached hydrogens (tertiary/aromatic N) is 1. The number of ether oxygens (including phenoxy) is 1. The zero-order valence-corrected chi connectivity index (χ0v) is 9.22. The van der Waals surface area contributed by atoms with Gasteiger partial charge in [0, 0.05) is 13.1 Å². The smallest absolute Gasteiger partial charge is 0.354 e. The second kappa shape index (κ2) is 5.22. The fraction of sp³-hybridized carbons (Fsp3) is 0.455. The van der Waals surface area contributed by atoms with Crippen LogP contribution in [0.5, 0.6) is 0 Å². The molecule has 6 nitrogen and oxygen atoms in total. The number of pyridine rings is 1. The van der Waals surface area contributed by atoms with Crippen molar-refractivity contribution >= 4 is 5.97 Å². The first-order chi connectivity index (χ1) is 8.22. The van der Waals surface area contributed by atoms with Gasteiger partial charge in [0.2, 0.25) is 0 Å². The molecule has 1 atom stereocenters. The number of aliphatic hydroxyl groups is 1. The molecule has 0 amide bonds. The Balaban J connectivity index is 2.27. The highest BCUT2D eigenvalue weighted by atomic mass is 16.5. The summed E-state index contributed by atoms with van der Waals surface area (Å²) < 4.78 is 5.43. The fourth-order valence-electron chi connectivity index (χ4n) is 1.82. The van der Waals surface area contributed by atoms with Crippen LogP contribution in [0.3, 0.4) is 0 Å². The maximum atomic E-state index is 10.8. The molecule has 0 bridgehead atoms. The van der Waals surface area contributed by atoms with Gasteiger partial charge in [-0.25, -0.2) is 9.78 Å². The molecule has 0 radical (unpaired) electrons. The van der Waals surface area contributed by atoms with E-state index in [0.717, 1.165) is 5.56 Å². The molecule has 0 saturated heterocycles. The number of aliphatic hydroxyl groups excluding tert-OH is 1. The van der Waals surface area contributed by atoms with Gasteiger partial charge in [-0.2, -0.15) is 0 Å². The third kappa shape index (κ3) is 2.60. The number of aromatic nitrogens is 1. The molecule has 0 fully saturated rings. The van der Waals surface area contributed by atoms with E-state index in [1.165, 1.54) is 6.07 Å². The SMILES string of the molecule is O=C(O)c1ccc2c(n1)C(OCCO)CNC2. The van der Waals surface area contributed by atoms with Gasteiger partial charge in [0.25, 0.3) is 0 Å². The summed E-state index contributed by atoms with van der Waals surface area (Å²) in [7, 11) is 0. The summed E-state index contributed by atoms with van der Waals surface area (Å²) in [6.45, 7) is 1.37. The van der Waals surface area contributed by atoms with E-state index in [2.05, 4.69) is 10.3 Å². The lowest BCUT2D eigenvalue weighted by molar-refractivity contribution is 0.0212. The van der Waals surface area contributed by atoms with Crippen LogP contribution in [0.15, 0.2) is 12.1 Å². The molecule has 2 heterocycles. The average molecular weight is 238 g/mol. The van der Waals surface area contributed by atoms with Crippen molar-refractivity contribution < 1.29 is 19.7 Å². The molecule has 3 N–H and O–H groups in total. The van der Waals surface area contributed by atoms with Crippen LogP contribution in [-0.4, -0.2) is 40.9 Å². The van der Waals surface area contributed by atoms with Gasteiger partial charge in [-0.1, -0.05) is 6.07 Å². The molecule has 2 rings (SSSR count). The van der Waals surface area contributed by atoms with Gasteiger partial charge in [-0.3, -0.25) is 0 Å². The van der Waals surface area contributed by atoms with Crippen LogP contribution in [0.1, 0.15) is 27.8 Å². The van der Waals surface area contributed by atoms with Gasteiger partial charge in [-0.05, 0) is 11.6 Å². The van der Waals surface area contributed by atoms with Gasteiger partial charge < -0.3 is 20.3 Å². The third-order valence-corrected chi connectivity index (χ3v) is 2.59. The number of hydrogen-bond acceptors (Lipinski definition) is 5. The molecule has 6 heteroatoms.